The molecule has 0 fully saturated rings. The molecule has 0 aromatic heterocycles. The molecule has 0 saturated heterocycles. The fourth-order valence-electron chi connectivity index (χ4n) is 4.76. The summed E-state index contributed by atoms with van der Waals surface area (Å²) in [7, 11) is 0. The highest BCUT2D eigenvalue weighted by molar-refractivity contribution is 9.10. The maximum Gasteiger partial charge on any atom is 0.275 e. The lowest BCUT2D eigenvalue weighted by Crippen LogP contribution is -2.47. The van der Waals surface area contributed by atoms with Gasteiger partial charge in [-0.2, -0.15) is 4.90 Å². The molecule has 2 aliphatic rings. The van der Waals surface area contributed by atoms with Crippen LogP contribution in [-0.4, -0.2) is 28.6 Å². The van der Waals surface area contributed by atoms with E-state index in [2.05, 4.69) is 73.9 Å². The summed E-state index contributed by atoms with van der Waals surface area (Å²) in [4.78, 5) is 2.18. The first-order valence-electron chi connectivity index (χ1n) is 10.7. The molecule has 0 unspecified atom stereocenters. The Labute approximate surface area is 186 Å². The van der Waals surface area contributed by atoms with E-state index in [0.717, 1.165) is 28.7 Å². The summed E-state index contributed by atoms with van der Waals surface area (Å²) >= 11 is 3.52. The number of amidine groups is 1. The Bertz CT molecular complexity index is 1060. The van der Waals surface area contributed by atoms with Crippen LogP contribution in [-0.2, 0) is 5.72 Å². The van der Waals surface area contributed by atoms with Crippen molar-refractivity contribution < 1.29 is 9.68 Å². The van der Waals surface area contributed by atoms with Crippen molar-refractivity contribution in [1.29, 1.82) is 0 Å². The van der Waals surface area contributed by atoms with E-state index in [1.165, 1.54) is 36.2 Å². The van der Waals surface area contributed by atoms with E-state index in [9.17, 15) is 5.11 Å². The van der Waals surface area contributed by atoms with Crippen molar-refractivity contribution in [1.82, 2.24) is 0 Å². The summed E-state index contributed by atoms with van der Waals surface area (Å²) in [6.07, 6.45) is 4.60. The number of hydrogen-bond acceptors (Lipinski definition) is 2. The van der Waals surface area contributed by atoms with Crippen LogP contribution in [0.4, 0.5) is 5.69 Å². The van der Waals surface area contributed by atoms with Crippen LogP contribution in [0.15, 0.2) is 83.3 Å². The SMILES string of the molecule is O[C@]1(c2ccc(Br)cc2)C[N+]2=C(CCCCC2)N1c1ccc(-c2ccccc2)cc1. The fourth-order valence-corrected chi connectivity index (χ4v) is 5.02. The zero-order valence-corrected chi connectivity index (χ0v) is 18.6. The van der Waals surface area contributed by atoms with Gasteiger partial charge in [0.2, 0.25) is 0 Å². The molecule has 0 bridgehead atoms. The first-order valence-corrected chi connectivity index (χ1v) is 11.5. The third-order valence-electron chi connectivity index (χ3n) is 6.27. The maximum atomic E-state index is 12.0. The molecule has 1 N–H and O–H groups in total. The zero-order valence-electron chi connectivity index (χ0n) is 17.0. The quantitative estimate of drug-likeness (QED) is 0.501. The highest BCUT2D eigenvalue weighted by atomic mass is 79.9. The molecule has 2 aliphatic heterocycles. The molecule has 0 radical (unpaired) electrons. The Kier molecular flexibility index (Phi) is 5.21. The van der Waals surface area contributed by atoms with Gasteiger partial charge in [0.05, 0.1) is 6.54 Å². The second kappa shape index (κ2) is 8.01. The summed E-state index contributed by atoms with van der Waals surface area (Å²) in [5, 5.41) is 12.0. The van der Waals surface area contributed by atoms with Crippen LogP contribution in [0.1, 0.15) is 31.2 Å². The van der Waals surface area contributed by atoms with Crippen LogP contribution in [0.25, 0.3) is 11.1 Å². The Hall–Kier alpha value is -2.43. The Morgan fingerprint density at radius 1 is 0.800 bits per heavy atom. The van der Waals surface area contributed by atoms with E-state index in [-0.39, 0.29) is 0 Å². The number of anilines is 1. The van der Waals surface area contributed by atoms with Crippen LogP contribution in [0.3, 0.4) is 0 Å². The second-order valence-corrected chi connectivity index (χ2v) is 9.14. The number of benzene rings is 3. The standard InChI is InChI=1S/C26H26BrN2O/c27-23-14-12-22(13-15-23)26(30)19-28-18-6-2-5-9-25(28)29(26)24-16-10-21(11-17-24)20-7-3-1-4-8-20/h1,3-4,7-8,10-17,30H,2,5-6,9,18-19H2/q+1/t26-/m0/s1. The largest absolute Gasteiger partial charge is 0.346 e. The number of rotatable bonds is 3. The van der Waals surface area contributed by atoms with Gasteiger partial charge in [0.1, 0.15) is 5.69 Å². The zero-order chi connectivity index (χ0) is 20.6. The monoisotopic (exact) mass is 461 g/mol. The van der Waals surface area contributed by atoms with Crippen molar-refractivity contribution >= 4 is 27.5 Å². The van der Waals surface area contributed by atoms with Gasteiger partial charge in [-0.15, -0.1) is 0 Å². The van der Waals surface area contributed by atoms with Gasteiger partial charge in [0.15, 0.2) is 6.54 Å². The van der Waals surface area contributed by atoms with E-state index < -0.39 is 5.72 Å². The number of nitrogens with zero attached hydrogens (tertiary/aromatic N) is 2. The highest BCUT2D eigenvalue weighted by Crippen LogP contribution is 2.38. The van der Waals surface area contributed by atoms with E-state index in [0.29, 0.717) is 6.54 Å². The van der Waals surface area contributed by atoms with Crippen molar-refractivity contribution in [2.75, 3.05) is 18.0 Å². The van der Waals surface area contributed by atoms with Crippen LogP contribution >= 0.6 is 15.9 Å². The third kappa shape index (κ3) is 3.48. The molecule has 3 nitrogen and oxygen atoms in total. The molecule has 1 atom stereocenters. The number of aliphatic hydroxyl groups is 1. The summed E-state index contributed by atoms with van der Waals surface area (Å²) in [6.45, 7) is 1.61. The first-order chi connectivity index (χ1) is 14.6. The molecule has 4 heteroatoms. The van der Waals surface area contributed by atoms with Crippen LogP contribution in [0.5, 0.6) is 0 Å². The van der Waals surface area contributed by atoms with Crippen molar-refractivity contribution in [3.8, 4) is 11.1 Å². The second-order valence-electron chi connectivity index (χ2n) is 8.22. The molecule has 3 aromatic rings. The average molecular weight is 462 g/mol. The van der Waals surface area contributed by atoms with Crippen LogP contribution in [0.2, 0.25) is 0 Å². The van der Waals surface area contributed by atoms with E-state index in [1.54, 1.807) is 0 Å². The lowest BCUT2D eigenvalue weighted by molar-refractivity contribution is -0.534. The van der Waals surface area contributed by atoms with Gasteiger partial charge in [0.25, 0.3) is 11.6 Å². The lowest BCUT2D eigenvalue weighted by Gasteiger charge is -2.29. The normalized spacial score (nSPS) is 21.5. The van der Waals surface area contributed by atoms with Crippen LogP contribution < -0.4 is 4.90 Å². The molecule has 3 aromatic carbocycles. The van der Waals surface area contributed by atoms with Gasteiger partial charge < -0.3 is 5.11 Å². The minimum absolute atomic E-state index is 0.602. The minimum Gasteiger partial charge on any atom is -0.346 e. The van der Waals surface area contributed by atoms with Crippen LogP contribution in [0, 0.1) is 0 Å². The molecule has 0 amide bonds. The summed E-state index contributed by atoms with van der Waals surface area (Å²) in [6, 6.07) is 27.1. The number of hydrogen-bond donors (Lipinski definition) is 1. The van der Waals surface area contributed by atoms with E-state index >= 15 is 0 Å². The molecule has 0 spiro atoms. The predicted octanol–water partition coefficient (Wildman–Crippen LogP) is 5.77. The fraction of sp³-hybridized carbons (Fsp3) is 0.269. The van der Waals surface area contributed by atoms with Gasteiger partial charge in [0, 0.05) is 16.5 Å². The molecule has 0 aliphatic carbocycles. The molecule has 0 saturated carbocycles. The Morgan fingerprint density at radius 2 is 1.50 bits per heavy atom. The average Bonchev–Trinajstić information content (AvgIpc) is 2.90. The molecule has 5 rings (SSSR count). The minimum atomic E-state index is -1.07. The van der Waals surface area contributed by atoms with Gasteiger partial charge in [-0.25, -0.2) is 0 Å². The Balaban J connectivity index is 1.57. The van der Waals surface area contributed by atoms with Crippen molar-refractivity contribution in [3.63, 3.8) is 0 Å². The smallest absolute Gasteiger partial charge is 0.275 e. The molecule has 152 valence electrons. The highest BCUT2D eigenvalue weighted by Gasteiger charge is 2.53. The van der Waals surface area contributed by atoms with E-state index in [4.69, 9.17) is 0 Å². The van der Waals surface area contributed by atoms with Gasteiger partial charge in [-0.05, 0) is 54.7 Å². The van der Waals surface area contributed by atoms with Gasteiger partial charge >= 0.3 is 0 Å². The lowest BCUT2D eigenvalue weighted by atomic mass is 9.99. The van der Waals surface area contributed by atoms with Gasteiger partial charge in [-0.3, -0.25) is 4.58 Å². The van der Waals surface area contributed by atoms with Gasteiger partial charge in [-0.1, -0.05) is 70.5 Å². The summed E-state index contributed by atoms with van der Waals surface area (Å²) in [5.74, 6) is 1.24. The topological polar surface area (TPSA) is 26.5 Å². The maximum absolute atomic E-state index is 12.0. The molecular weight excluding hydrogens is 436 g/mol. The molecular formula is C26H26BrN2O+. The van der Waals surface area contributed by atoms with E-state index in [1.807, 2.05) is 30.3 Å². The Morgan fingerprint density at radius 3 is 2.23 bits per heavy atom. The third-order valence-corrected chi connectivity index (χ3v) is 6.80. The summed E-state index contributed by atoms with van der Waals surface area (Å²) in [5.41, 5.74) is 3.30. The predicted molar refractivity (Wildman–Crippen MR) is 126 cm³/mol. The molecule has 30 heavy (non-hydrogen) atoms. The first kappa shape index (κ1) is 19.5. The van der Waals surface area contributed by atoms with Crippen molar-refractivity contribution in [3.05, 3.63) is 88.9 Å². The number of halogens is 1. The summed E-state index contributed by atoms with van der Waals surface area (Å²) < 4.78 is 3.41. The van der Waals surface area contributed by atoms with Crippen molar-refractivity contribution in [2.45, 2.75) is 31.4 Å². The van der Waals surface area contributed by atoms with Crippen molar-refractivity contribution in [2.24, 2.45) is 0 Å². The molecule has 2 heterocycles.